The monoisotopic (exact) mass is 216 g/mol. The van der Waals surface area contributed by atoms with Gasteiger partial charge in [0, 0.05) is 0 Å². The van der Waals surface area contributed by atoms with Crippen LogP contribution in [0.2, 0.25) is 0 Å². The minimum Gasteiger partial charge on any atom is -0.295 e. The van der Waals surface area contributed by atoms with Crippen LogP contribution in [-0.2, 0) is 11.2 Å². The molecule has 1 heterocycles. The fourth-order valence-corrected chi connectivity index (χ4v) is 1.45. The second kappa shape index (κ2) is 4.57. The average molecular weight is 216 g/mol. The first-order valence-corrected chi connectivity index (χ1v) is 4.95. The van der Waals surface area contributed by atoms with Gasteiger partial charge in [0.2, 0.25) is 11.9 Å². The number of aromatic amines is 1. The summed E-state index contributed by atoms with van der Waals surface area (Å²) in [5.74, 6) is 0.264. The molecule has 0 saturated heterocycles. The summed E-state index contributed by atoms with van der Waals surface area (Å²) in [5.41, 5.74) is 2.13. The maximum absolute atomic E-state index is 11.6. The van der Waals surface area contributed by atoms with Crippen LogP contribution in [0.25, 0.3) is 0 Å². The summed E-state index contributed by atoms with van der Waals surface area (Å²) in [6.45, 7) is 2.00. The topological polar surface area (TPSA) is 70.7 Å². The lowest BCUT2D eigenvalue weighted by Crippen LogP contribution is -2.15. The van der Waals surface area contributed by atoms with Crippen molar-refractivity contribution in [2.45, 2.75) is 13.3 Å². The van der Waals surface area contributed by atoms with E-state index in [-0.39, 0.29) is 5.91 Å². The number of nitrogens with one attached hydrogen (secondary N) is 2. The fourth-order valence-electron chi connectivity index (χ4n) is 1.45. The molecule has 1 aromatic carbocycles. The van der Waals surface area contributed by atoms with E-state index in [0.717, 1.165) is 11.1 Å². The van der Waals surface area contributed by atoms with E-state index in [1.54, 1.807) is 0 Å². The zero-order valence-electron chi connectivity index (χ0n) is 8.90. The Kier molecular flexibility index (Phi) is 2.95. The third kappa shape index (κ3) is 2.66. The van der Waals surface area contributed by atoms with Gasteiger partial charge in [0.05, 0.1) is 6.42 Å². The first kappa shape index (κ1) is 10.4. The molecule has 5 nitrogen and oxygen atoms in total. The van der Waals surface area contributed by atoms with E-state index < -0.39 is 0 Å². The van der Waals surface area contributed by atoms with E-state index in [1.807, 2.05) is 31.2 Å². The van der Waals surface area contributed by atoms with Crippen molar-refractivity contribution in [2.75, 3.05) is 5.32 Å². The summed E-state index contributed by atoms with van der Waals surface area (Å²) in [6, 6.07) is 7.84. The highest BCUT2D eigenvalue weighted by atomic mass is 16.1. The van der Waals surface area contributed by atoms with Gasteiger partial charge in [-0.3, -0.25) is 10.1 Å². The first-order valence-electron chi connectivity index (χ1n) is 4.95. The van der Waals surface area contributed by atoms with E-state index in [2.05, 4.69) is 20.5 Å². The molecule has 82 valence electrons. The number of rotatable bonds is 3. The Morgan fingerprint density at radius 2 is 2.38 bits per heavy atom. The Hall–Kier alpha value is -2.17. The molecule has 0 aliphatic heterocycles. The molecule has 5 heteroatoms. The second-order valence-electron chi connectivity index (χ2n) is 3.55. The van der Waals surface area contributed by atoms with Crippen LogP contribution in [0.5, 0.6) is 0 Å². The normalized spacial score (nSPS) is 10.1. The number of H-pyrrole nitrogens is 1. The van der Waals surface area contributed by atoms with Crippen molar-refractivity contribution in [3.8, 4) is 0 Å². The van der Waals surface area contributed by atoms with Crippen LogP contribution >= 0.6 is 0 Å². The summed E-state index contributed by atoms with van der Waals surface area (Å²) in [7, 11) is 0. The van der Waals surface area contributed by atoms with Crippen LogP contribution in [0, 0.1) is 6.92 Å². The number of hydrogen-bond donors (Lipinski definition) is 2. The van der Waals surface area contributed by atoms with Crippen LogP contribution in [0.4, 0.5) is 5.95 Å². The van der Waals surface area contributed by atoms with Crippen molar-refractivity contribution in [3.05, 3.63) is 41.7 Å². The van der Waals surface area contributed by atoms with Gasteiger partial charge in [0.1, 0.15) is 6.33 Å². The number of benzene rings is 1. The SMILES string of the molecule is Cc1cccc(CC(=O)Nc2ncn[nH]2)c1. The van der Waals surface area contributed by atoms with Crippen molar-refractivity contribution >= 4 is 11.9 Å². The van der Waals surface area contributed by atoms with Crippen LogP contribution in [0.3, 0.4) is 0 Å². The standard InChI is InChI=1S/C11H12N4O/c1-8-3-2-4-9(5-8)6-10(16)14-11-12-7-13-15-11/h2-5,7H,6H2,1H3,(H2,12,13,14,15,16). The van der Waals surface area contributed by atoms with E-state index in [4.69, 9.17) is 0 Å². The number of nitrogens with zero attached hydrogens (tertiary/aromatic N) is 2. The van der Waals surface area contributed by atoms with Gasteiger partial charge >= 0.3 is 0 Å². The molecule has 0 saturated carbocycles. The molecule has 2 rings (SSSR count). The molecule has 0 aliphatic rings. The Balaban J connectivity index is 1.97. The van der Waals surface area contributed by atoms with Gasteiger partial charge in [0.25, 0.3) is 0 Å². The minimum atomic E-state index is -0.109. The fraction of sp³-hybridized carbons (Fsp3) is 0.182. The molecule has 16 heavy (non-hydrogen) atoms. The average Bonchev–Trinajstić information content (AvgIpc) is 2.70. The van der Waals surface area contributed by atoms with Gasteiger partial charge < -0.3 is 0 Å². The lowest BCUT2D eigenvalue weighted by Gasteiger charge is -2.02. The van der Waals surface area contributed by atoms with Crippen molar-refractivity contribution in [1.82, 2.24) is 15.2 Å². The van der Waals surface area contributed by atoms with Crippen molar-refractivity contribution in [3.63, 3.8) is 0 Å². The molecule has 0 unspecified atom stereocenters. The Morgan fingerprint density at radius 1 is 1.50 bits per heavy atom. The lowest BCUT2D eigenvalue weighted by atomic mass is 10.1. The Morgan fingerprint density at radius 3 is 3.06 bits per heavy atom. The number of hydrogen-bond acceptors (Lipinski definition) is 3. The summed E-state index contributed by atoms with van der Waals surface area (Å²) >= 11 is 0. The molecular weight excluding hydrogens is 204 g/mol. The largest absolute Gasteiger partial charge is 0.295 e. The Labute approximate surface area is 92.9 Å². The highest BCUT2D eigenvalue weighted by molar-refractivity contribution is 5.90. The van der Waals surface area contributed by atoms with Gasteiger partial charge in [-0.25, -0.2) is 5.10 Å². The number of carbonyl (C=O) groups is 1. The zero-order chi connectivity index (χ0) is 11.4. The molecule has 2 N–H and O–H groups in total. The van der Waals surface area contributed by atoms with Gasteiger partial charge in [-0.15, -0.1) is 0 Å². The van der Waals surface area contributed by atoms with E-state index in [1.165, 1.54) is 6.33 Å². The van der Waals surface area contributed by atoms with E-state index in [0.29, 0.717) is 12.4 Å². The second-order valence-corrected chi connectivity index (χ2v) is 3.55. The number of aryl methyl sites for hydroxylation is 1. The number of amides is 1. The third-order valence-corrected chi connectivity index (χ3v) is 2.12. The summed E-state index contributed by atoms with van der Waals surface area (Å²) < 4.78 is 0. The predicted octanol–water partition coefficient (Wildman–Crippen LogP) is 1.29. The smallest absolute Gasteiger partial charge is 0.231 e. The highest BCUT2D eigenvalue weighted by Crippen LogP contribution is 2.05. The molecule has 1 aromatic heterocycles. The molecule has 1 amide bonds. The first-order chi connectivity index (χ1) is 7.74. The third-order valence-electron chi connectivity index (χ3n) is 2.12. The maximum atomic E-state index is 11.6. The van der Waals surface area contributed by atoms with Crippen molar-refractivity contribution in [2.24, 2.45) is 0 Å². The van der Waals surface area contributed by atoms with Gasteiger partial charge in [0.15, 0.2) is 0 Å². The molecule has 0 spiro atoms. The Bertz CT molecular complexity index is 478. The van der Waals surface area contributed by atoms with Crippen LogP contribution < -0.4 is 5.32 Å². The minimum absolute atomic E-state index is 0.109. The summed E-state index contributed by atoms with van der Waals surface area (Å²) in [4.78, 5) is 15.4. The van der Waals surface area contributed by atoms with Crippen LogP contribution in [0.1, 0.15) is 11.1 Å². The highest BCUT2D eigenvalue weighted by Gasteiger charge is 2.05. The van der Waals surface area contributed by atoms with Crippen molar-refractivity contribution < 1.29 is 4.79 Å². The number of aromatic nitrogens is 3. The van der Waals surface area contributed by atoms with Crippen LogP contribution in [0.15, 0.2) is 30.6 Å². The molecule has 0 radical (unpaired) electrons. The van der Waals surface area contributed by atoms with Gasteiger partial charge in [-0.1, -0.05) is 29.8 Å². The zero-order valence-corrected chi connectivity index (χ0v) is 8.90. The maximum Gasteiger partial charge on any atom is 0.231 e. The lowest BCUT2D eigenvalue weighted by molar-refractivity contribution is -0.115. The molecule has 0 aliphatic carbocycles. The predicted molar refractivity (Wildman–Crippen MR) is 59.9 cm³/mol. The molecule has 0 fully saturated rings. The molecule has 0 atom stereocenters. The quantitative estimate of drug-likeness (QED) is 0.812. The summed E-state index contributed by atoms with van der Waals surface area (Å²) in [6.07, 6.45) is 1.69. The van der Waals surface area contributed by atoms with E-state index in [9.17, 15) is 4.79 Å². The van der Waals surface area contributed by atoms with Crippen LogP contribution in [-0.4, -0.2) is 21.1 Å². The molecular formula is C11H12N4O. The van der Waals surface area contributed by atoms with Gasteiger partial charge in [-0.05, 0) is 12.5 Å². The van der Waals surface area contributed by atoms with Crippen molar-refractivity contribution in [1.29, 1.82) is 0 Å². The summed E-state index contributed by atoms with van der Waals surface area (Å²) in [5, 5.41) is 8.84. The van der Waals surface area contributed by atoms with Gasteiger partial charge in [-0.2, -0.15) is 10.1 Å². The molecule has 2 aromatic rings. The van der Waals surface area contributed by atoms with E-state index >= 15 is 0 Å². The molecule has 0 bridgehead atoms. The number of carbonyl (C=O) groups excluding carboxylic acids is 1. The number of anilines is 1.